The van der Waals surface area contributed by atoms with Crippen molar-refractivity contribution in [1.82, 2.24) is 5.32 Å². The van der Waals surface area contributed by atoms with E-state index in [4.69, 9.17) is 0 Å². The smallest absolute Gasteiger partial charge is 0.251 e. The van der Waals surface area contributed by atoms with Gasteiger partial charge in [-0.05, 0) is 62.9 Å². The summed E-state index contributed by atoms with van der Waals surface area (Å²) in [6.45, 7) is 0.590. The van der Waals surface area contributed by atoms with Crippen LogP contribution in [0.3, 0.4) is 0 Å². The van der Waals surface area contributed by atoms with Crippen molar-refractivity contribution in [2.24, 2.45) is 0 Å². The van der Waals surface area contributed by atoms with Crippen LogP contribution in [-0.4, -0.2) is 17.6 Å². The third-order valence-electron chi connectivity index (χ3n) is 2.49. The van der Waals surface area contributed by atoms with Gasteiger partial charge < -0.3 is 10.4 Å². The highest BCUT2D eigenvalue weighted by Gasteiger charge is 2.07. The monoisotopic (exact) mass is 325 g/mol. The van der Waals surface area contributed by atoms with Gasteiger partial charge in [-0.25, -0.2) is 0 Å². The Bertz CT molecular complexity index is 540. The fourth-order valence-electron chi connectivity index (χ4n) is 1.51. The number of halogens is 1. The second-order valence-corrected chi connectivity index (χ2v) is 5.44. The number of rotatable bonds is 4. The fourth-order valence-corrected chi connectivity index (χ4v) is 2.46. The van der Waals surface area contributed by atoms with E-state index in [1.807, 2.05) is 11.4 Å². The molecule has 1 amide bonds. The maximum absolute atomic E-state index is 11.8. The lowest BCUT2D eigenvalue weighted by molar-refractivity contribution is 0.0953. The van der Waals surface area contributed by atoms with Crippen LogP contribution in [0, 0.1) is 0 Å². The van der Waals surface area contributed by atoms with Crippen molar-refractivity contribution in [3.8, 4) is 5.75 Å². The van der Waals surface area contributed by atoms with Crippen molar-refractivity contribution in [3.05, 3.63) is 50.6 Å². The molecule has 0 saturated heterocycles. The van der Waals surface area contributed by atoms with Gasteiger partial charge in [0.15, 0.2) is 0 Å². The Morgan fingerprint density at radius 1 is 1.39 bits per heavy atom. The zero-order valence-corrected chi connectivity index (χ0v) is 11.9. The van der Waals surface area contributed by atoms with Gasteiger partial charge in [-0.3, -0.25) is 4.79 Å². The molecule has 0 radical (unpaired) electrons. The molecule has 2 aromatic rings. The van der Waals surface area contributed by atoms with Gasteiger partial charge in [0, 0.05) is 12.1 Å². The minimum Gasteiger partial charge on any atom is -0.507 e. The van der Waals surface area contributed by atoms with E-state index in [2.05, 4.69) is 26.6 Å². The number of thiophene rings is 1. The summed E-state index contributed by atoms with van der Waals surface area (Å²) in [6.07, 6.45) is 0.817. The number of phenolic OH excluding ortho intramolecular Hbond substituents is 1. The number of carbonyl (C=O) groups excluding carboxylic acids is 1. The Balaban J connectivity index is 1.89. The van der Waals surface area contributed by atoms with Crippen molar-refractivity contribution in [2.75, 3.05) is 6.54 Å². The summed E-state index contributed by atoms with van der Waals surface area (Å²) in [6, 6.07) is 6.82. The minimum atomic E-state index is -0.173. The number of hydrogen-bond acceptors (Lipinski definition) is 3. The number of phenols is 1. The molecule has 0 aliphatic rings. The quantitative estimate of drug-likeness (QED) is 0.907. The lowest BCUT2D eigenvalue weighted by Gasteiger charge is -2.05. The summed E-state index contributed by atoms with van der Waals surface area (Å²) in [5.74, 6) is -0.103. The maximum Gasteiger partial charge on any atom is 0.251 e. The average Bonchev–Trinajstić information content (AvgIpc) is 2.85. The van der Waals surface area contributed by atoms with Crippen molar-refractivity contribution >= 4 is 33.2 Å². The zero-order valence-electron chi connectivity index (χ0n) is 9.52. The lowest BCUT2D eigenvalue weighted by Crippen LogP contribution is -2.25. The number of benzene rings is 1. The number of amides is 1. The molecule has 0 fully saturated rings. The topological polar surface area (TPSA) is 49.3 Å². The van der Waals surface area contributed by atoms with Gasteiger partial charge >= 0.3 is 0 Å². The fraction of sp³-hybridized carbons (Fsp3) is 0.154. The van der Waals surface area contributed by atoms with Crippen LogP contribution in [0.25, 0.3) is 0 Å². The highest BCUT2D eigenvalue weighted by Crippen LogP contribution is 2.24. The molecule has 1 aromatic heterocycles. The van der Waals surface area contributed by atoms with E-state index in [0.29, 0.717) is 16.6 Å². The predicted octanol–water partition coefficient (Wildman–Crippen LogP) is 3.19. The van der Waals surface area contributed by atoms with Crippen LogP contribution in [0.1, 0.15) is 15.9 Å². The molecule has 5 heteroatoms. The zero-order chi connectivity index (χ0) is 13.0. The van der Waals surface area contributed by atoms with Gasteiger partial charge in [0.25, 0.3) is 5.91 Å². The molecule has 18 heavy (non-hydrogen) atoms. The Hall–Kier alpha value is -1.33. The number of nitrogens with one attached hydrogen (secondary N) is 1. The Labute approximate surface area is 118 Å². The molecule has 0 saturated carbocycles. The van der Waals surface area contributed by atoms with Gasteiger partial charge in [0.05, 0.1) is 4.47 Å². The molecular formula is C13H12BrNO2S. The predicted molar refractivity (Wildman–Crippen MR) is 76.2 cm³/mol. The van der Waals surface area contributed by atoms with Gasteiger partial charge in [-0.2, -0.15) is 11.3 Å². The first-order valence-electron chi connectivity index (χ1n) is 5.44. The molecule has 94 valence electrons. The normalized spacial score (nSPS) is 10.3. The molecule has 1 heterocycles. The first-order chi connectivity index (χ1) is 8.66. The summed E-state index contributed by atoms with van der Waals surface area (Å²) in [4.78, 5) is 11.8. The van der Waals surface area contributed by atoms with E-state index in [-0.39, 0.29) is 11.7 Å². The largest absolute Gasteiger partial charge is 0.507 e. The summed E-state index contributed by atoms with van der Waals surface area (Å²) in [7, 11) is 0. The summed E-state index contributed by atoms with van der Waals surface area (Å²) in [5, 5.41) is 16.4. The molecule has 1 aromatic carbocycles. The molecule has 0 aliphatic carbocycles. The van der Waals surface area contributed by atoms with Crippen LogP contribution in [-0.2, 0) is 6.42 Å². The first kappa shape index (κ1) is 13.1. The molecule has 2 rings (SSSR count). The van der Waals surface area contributed by atoms with E-state index in [1.165, 1.54) is 11.6 Å². The van der Waals surface area contributed by atoms with Crippen LogP contribution >= 0.6 is 27.3 Å². The summed E-state index contributed by atoms with van der Waals surface area (Å²) in [5.41, 5.74) is 1.68. The van der Waals surface area contributed by atoms with Crippen LogP contribution in [0.15, 0.2) is 39.5 Å². The van der Waals surface area contributed by atoms with E-state index in [9.17, 15) is 9.90 Å². The molecule has 0 bridgehead atoms. The third kappa shape index (κ3) is 3.34. The standard InChI is InChI=1S/C13H12BrNO2S/c14-11-2-1-10(7-12(11)16)13(17)15-5-3-9-4-6-18-8-9/h1-2,4,6-8,16H,3,5H2,(H,15,17). The highest BCUT2D eigenvalue weighted by molar-refractivity contribution is 9.10. The molecule has 2 N–H and O–H groups in total. The second-order valence-electron chi connectivity index (χ2n) is 3.80. The van der Waals surface area contributed by atoms with Crippen LogP contribution in [0.2, 0.25) is 0 Å². The van der Waals surface area contributed by atoms with Crippen molar-refractivity contribution in [2.45, 2.75) is 6.42 Å². The SMILES string of the molecule is O=C(NCCc1ccsc1)c1ccc(Br)c(O)c1. The van der Waals surface area contributed by atoms with E-state index in [1.54, 1.807) is 23.5 Å². The van der Waals surface area contributed by atoms with Crippen LogP contribution in [0.5, 0.6) is 5.75 Å². The minimum absolute atomic E-state index is 0.0699. The molecule has 0 unspecified atom stereocenters. The van der Waals surface area contributed by atoms with Crippen molar-refractivity contribution in [3.63, 3.8) is 0 Å². The molecular weight excluding hydrogens is 314 g/mol. The summed E-state index contributed by atoms with van der Waals surface area (Å²) < 4.78 is 0.581. The van der Waals surface area contributed by atoms with Crippen molar-refractivity contribution in [1.29, 1.82) is 0 Å². The Morgan fingerprint density at radius 2 is 2.22 bits per heavy atom. The second kappa shape index (κ2) is 6.02. The molecule has 0 spiro atoms. The Kier molecular flexibility index (Phi) is 4.38. The van der Waals surface area contributed by atoms with E-state index < -0.39 is 0 Å². The molecule has 0 aliphatic heterocycles. The van der Waals surface area contributed by atoms with Gasteiger partial charge in [0.2, 0.25) is 0 Å². The number of aromatic hydroxyl groups is 1. The first-order valence-corrected chi connectivity index (χ1v) is 7.18. The van der Waals surface area contributed by atoms with Gasteiger partial charge in [-0.1, -0.05) is 0 Å². The number of hydrogen-bond donors (Lipinski definition) is 2. The molecule has 0 atom stereocenters. The van der Waals surface area contributed by atoms with Gasteiger partial charge in [-0.15, -0.1) is 0 Å². The van der Waals surface area contributed by atoms with Crippen LogP contribution in [0.4, 0.5) is 0 Å². The Morgan fingerprint density at radius 3 is 2.89 bits per heavy atom. The van der Waals surface area contributed by atoms with Crippen LogP contribution < -0.4 is 5.32 Å². The van der Waals surface area contributed by atoms with E-state index >= 15 is 0 Å². The third-order valence-corrected chi connectivity index (χ3v) is 3.89. The average molecular weight is 326 g/mol. The highest BCUT2D eigenvalue weighted by atomic mass is 79.9. The number of carbonyl (C=O) groups is 1. The lowest BCUT2D eigenvalue weighted by atomic mass is 10.2. The van der Waals surface area contributed by atoms with Gasteiger partial charge in [0.1, 0.15) is 5.75 Å². The maximum atomic E-state index is 11.8. The van der Waals surface area contributed by atoms with Crippen molar-refractivity contribution < 1.29 is 9.90 Å². The molecule has 3 nitrogen and oxygen atoms in total. The van der Waals surface area contributed by atoms with E-state index in [0.717, 1.165) is 6.42 Å². The summed E-state index contributed by atoms with van der Waals surface area (Å²) >= 11 is 4.82.